The highest BCUT2D eigenvalue weighted by Crippen LogP contribution is 2.26. The Morgan fingerprint density at radius 3 is 2.78 bits per heavy atom. The van der Waals surface area contributed by atoms with Gasteiger partial charge in [-0.05, 0) is 38.1 Å². The molecule has 23 heavy (non-hydrogen) atoms. The van der Waals surface area contributed by atoms with Gasteiger partial charge in [-0.25, -0.2) is 0 Å². The van der Waals surface area contributed by atoms with E-state index >= 15 is 0 Å². The second-order valence-electron chi connectivity index (χ2n) is 5.60. The first kappa shape index (κ1) is 13.5. The van der Waals surface area contributed by atoms with Crippen molar-refractivity contribution in [3.63, 3.8) is 0 Å². The highest BCUT2D eigenvalue weighted by atomic mass is 16.2. The molecule has 4 aromatic rings. The first-order chi connectivity index (χ1) is 11.1. The van der Waals surface area contributed by atoms with E-state index in [-0.39, 0.29) is 5.91 Å². The van der Waals surface area contributed by atoms with E-state index in [1.165, 1.54) is 0 Å². The van der Waals surface area contributed by atoms with Crippen LogP contribution >= 0.6 is 0 Å². The number of nitrogen functional groups attached to an aromatic ring is 1. The average Bonchev–Trinajstić information content (AvgIpc) is 3.07. The number of benzene rings is 1. The van der Waals surface area contributed by atoms with Gasteiger partial charge in [-0.2, -0.15) is 0 Å². The molecule has 3 heterocycles. The van der Waals surface area contributed by atoms with Crippen LogP contribution in [0.3, 0.4) is 0 Å². The van der Waals surface area contributed by atoms with Crippen molar-refractivity contribution >= 4 is 28.1 Å². The molecule has 3 aromatic heterocycles. The fourth-order valence-electron chi connectivity index (χ4n) is 2.95. The van der Waals surface area contributed by atoms with Crippen molar-refractivity contribution in [2.45, 2.75) is 13.8 Å². The van der Waals surface area contributed by atoms with Crippen LogP contribution in [0.4, 0.5) is 5.69 Å². The van der Waals surface area contributed by atoms with Gasteiger partial charge in [0.1, 0.15) is 5.82 Å². The van der Waals surface area contributed by atoms with Gasteiger partial charge in [0.15, 0.2) is 5.65 Å². The minimum Gasteiger partial charge on any atom is -0.397 e. The van der Waals surface area contributed by atoms with E-state index in [0.717, 1.165) is 22.4 Å². The Kier molecular flexibility index (Phi) is 2.74. The van der Waals surface area contributed by atoms with Gasteiger partial charge >= 0.3 is 0 Å². The second-order valence-corrected chi connectivity index (χ2v) is 5.60. The molecule has 0 aliphatic rings. The summed E-state index contributed by atoms with van der Waals surface area (Å²) in [5.41, 5.74) is 9.46. The second kappa shape index (κ2) is 4.67. The van der Waals surface area contributed by atoms with Crippen LogP contribution in [-0.4, -0.2) is 25.1 Å². The third-order valence-corrected chi connectivity index (χ3v) is 4.07. The van der Waals surface area contributed by atoms with Crippen LogP contribution in [-0.2, 0) is 0 Å². The molecule has 0 aliphatic carbocycles. The minimum atomic E-state index is -0.126. The SMILES string of the molecule is Cc1cc2cccc(N)c2n1C(=O)c1ccn2c(C)nnc2c1. The number of hydrogen-bond acceptors (Lipinski definition) is 4. The lowest BCUT2D eigenvalue weighted by atomic mass is 10.2. The number of nitrogens with two attached hydrogens (primary N) is 1. The van der Waals surface area contributed by atoms with Crippen molar-refractivity contribution in [1.82, 2.24) is 19.2 Å². The molecule has 0 fully saturated rings. The lowest BCUT2D eigenvalue weighted by Crippen LogP contribution is -2.14. The zero-order valence-electron chi connectivity index (χ0n) is 12.8. The molecular weight excluding hydrogens is 290 g/mol. The molecule has 0 radical (unpaired) electrons. The first-order valence-corrected chi connectivity index (χ1v) is 7.29. The summed E-state index contributed by atoms with van der Waals surface area (Å²) in [5, 5.41) is 9.04. The van der Waals surface area contributed by atoms with E-state index in [4.69, 9.17) is 5.73 Å². The number of aromatic nitrogens is 4. The number of rotatable bonds is 1. The fourth-order valence-corrected chi connectivity index (χ4v) is 2.95. The Morgan fingerprint density at radius 1 is 1.13 bits per heavy atom. The standard InChI is InChI=1S/C17H15N5O/c1-10-8-12-4-3-5-14(18)16(12)22(10)17(23)13-6-7-21-11(2)19-20-15(21)9-13/h3-9H,18H2,1-2H3. The van der Waals surface area contributed by atoms with E-state index < -0.39 is 0 Å². The van der Waals surface area contributed by atoms with Gasteiger partial charge in [0.2, 0.25) is 0 Å². The van der Waals surface area contributed by atoms with Crippen LogP contribution in [0.2, 0.25) is 0 Å². The van der Waals surface area contributed by atoms with Gasteiger partial charge < -0.3 is 5.73 Å². The molecule has 0 amide bonds. The monoisotopic (exact) mass is 305 g/mol. The highest BCUT2D eigenvalue weighted by Gasteiger charge is 2.17. The predicted molar refractivity (Wildman–Crippen MR) is 88.5 cm³/mol. The zero-order chi connectivity index (χ0) is 16.1. The fraction of sp³-hybridized carbons (Fsp3) is 0.118. The summed E-state index contributed by atoms with van der Waals surface area (Å²) >= 11 is 0. The highest BCUT2D eigenvalue weighted by molar-refractivity contribution is 6.06. The van der Waals surface area contributed by atoms with Gasteiger partial charge in [-0.15, -0.1) is 10.2 Å². The van der Waals surface area contributed by atoms with E-state index in [0.29, 0.717) is 16.9 Å². The smallest absolute Gasteiger partial charge is 0.262 e. The molecular formula is C17H15N5O. The van der Waals surface area contributed by atoms with Crippen molar-refractivity contribution in [1.29, 1.82) is 0 Å². The van der Waals surface area contributed by atoms with Crippen LogP contribution in [0.25, 0.3) is 16.6 Å². The van der Waals surface area contributed by atoms with Crippen molar-refractivity contribution in [3.05, 3.63) is 59.7 Å². The molecule has 6 heteroatoms. The van der Waals surface area contributed by atoms with E-state index in [9.17, 15) is 4.79 Å². The number of anilines is 1. The third-order valence-electron chi connectivity index (χ3n) is 4.07. The van der Waals surface area contributed by atoms with Crippen molar-refractivity contribution < 1.29 is 4.79 Å². The number of carbonyl (C=O) groups is 1. The lowest BCUT2D eigenvalue weighted by Gasteiger charge is -2.09. The maximum absolute atomic E-state index is 13.0. The number of aryl methyl sites for hydroxylation is 2. The normalized spacial score (nSPS) is 11.4. The van der Waals surface area contributed by atoms with Gasteiger partial charge in [0.05, 0.1) is 11.2 Å². The topological polar surface area (TPSA) is 78.2 Å². The van der Waals surface area contributed by atoms with Crippen molar-refractivity contribution in [2.24, 2.45) is 0 Å². The molecule has 0 unspecified atom stereocenters. The quantitative estimate of drug-likeness (QED) is 0.548. The number of nitrogens with zero attached hydrogens (tertiary/aromatic N) is 4. The molecule has 0 spiro atoms. The maximum Gasteiger partial charge on any atom is 0.262 e. The molecule has 0 atom stereocenters. The Labute approximate surface area is 132 Å². The molecule has 0 saturated heterocycles. The van der Waals surface area contributed by atoms with Gasteiger partial charge in [0, 0.05) is 22.8 Å². The Bertz CT molecular complexity index is 1070. The molecule has 2 N–H and O–H groups in total. The molecule has 6 nitrogen and oxygen atoms in total. The average molecular weight is 305 g/mol. The Hall–Kier alpha value is -3.15. The summed E-state index contributed by atoms with van der Waals surface area (Å²) in [6.45, 7) is 3.77. The summed E-state index contributed by atoms with van der Waals surface area (Å²) in [4.78, 5) is 13.0. The predicted octanol–water partition coefficient (Wildman–Crippen LogP) is 2.57. The molecule has 0 saturated carbocycles. The minimum absolute atomic E-state index is 0.126. The molecule has 4 rings (SSSR count). The van der Waals surface area contributed by atoms with Crippen molar-refractivity contribution in [3.8, 4) is 0 Å². The summed E-state index contributed by atoms with van der Waals surface area (Å²) in [7, 11) is 0. The van der Waals surface area contributed by atoms with Crippen molar-refractivity contribution in [2.75, 3.05) is 5.73 Å². The van der Waals surface area contributed by atoms with Gasteiger partial charge in [-0.3, -0.25) is 13.8 Å². The summed E-state index contributed by atoms with van der Waals surface area (Å²) < 4.78 is 3.49. The largest absolute Gasteiger partial charge is 0.397 e. The van der Waals surface area contributed by atoms with E-state index in [1.807, 2.05) is 42.6 Å². The Balaban J connectivity index is 1.92. The third kappa shape index (κ3) is 1.92. The zero-order valence-corrected chi connectivity index (χ0v) is 12.8. The molecule has 114 valence electrons. The number of para-hydroxylation sites is 1. The van der Waals surface area contributed by atoms with Gasteiger partial charge in [0.25, 0.3) is 5.91 Å². The van der Waals surface area contributed by atoms with Crippen LogP contribution in [0.1, 0.15) is 21.9 Å². The van der Waals surface area contributed by atoms with Crippen LogP contribution in [0.5, 0.6) is 0 Å². The Morgan fingerprint density at radius 2 is 1.96 bits per heavy atom. The van der Waals surface area contributed by atoms with Gasteiger partial charge in [-0.1, -0.05) is 12.1 Å². The van der Waals surface area contributed by atoms with Crippen LogP contribution in [0, 0.1) is 13.8 Å². The summed E-state index contributed by atoms with van der Waals surface area (Å²) in [6, 6.07) is 11.1. The van der Waals surface area contributed by atoms with Crippen LogP contribution in [0.15, 0.2) is 42.6 Å². The number of pyridine rings is 1. The molecule has 0 bridgehead atoms. The van der Waals surface area contributed by atoms with E-state index in [2.05, 4.69) is 10.2 Å². The van der Waals surface area contributed by atoms with E-state index in [1.54, 1.807) is 22.8 Å². The molecule has 0 aliphatic heterocycles. The lowest BCUT2D eigenvalue weighted by molar-refractivity contribution is 0.0963. The maximum atomic E-state index is 13.0. The molecule has 1 aromatic carbocycles. The first-order valence-electron chi connectivity index (χ1n) is 7.29. The summed E-state index contributed by atoms with van der Waals surface area (Å²) in [5.74, 6) is 0.657. The number of carbonyl (C=O) groups excluding carboxylic acids is 1. The van der Waals surface area contributed by atoms with Crippen LogP contribution < -0.4 is 5.73 Å². The number of fused-ring (bicyclic) bond motifs is 2. The number of hydrogen-bond donors (Lipinski definition) is 1. The summed E-state index contributed by atoms with van der Waals surface area (Å²) in [6.07, 6.45) is 1.81.